The van der Waals surface area contributed by atoms with Crippen LogP contribution in [-0.4, -0.2) is 35.6 Å². The van der Waals surface area contributed by atoms with Crippen molar-refractivity contribution in [3.05, 3.63) is 23.8 Å². The van der Waals surface area contributed by atoms with Gasteiger partial charge in [-0.25, -0.2) is 0 Å². The van der Waals surface area contributed by atoms with Crippen LogP contribution in [0.4, 0.5) is 0 Å². The molecule has 2 N–H and O–H groups in total. The lowest BCUT2D eigenvalue weighted by molar-refractivity contribution is 0.0215. The van der Waals surface area contributed by atoms with E-state index < -0.39 is 12.2 Å². The number of rotatable bonds is 5. The van der Waals surface area contributed by atoms with Gasteiger partial charge in [0, 0.05) is 0 Å². The molecule has 106 valence electrons. The summed E-state index contributed by atoms with van der Waals surface area (Å²) < 4.78 is 11.1. The van der Waals surface area contributed by atoms with Crippen molar-refractivity contribution in [3.63, 3.8) is 0 Å². The van der Waals surface area contributed by atoms with E-state index in [-0.39, 0.29) is 5.92 Å². The first-order valence-electron chi connectivity index (χ1n) is 6.87. The van der Waals surface area contributed by atoms with Crippen LogP contribution in [0.1, 0.15) is 38.2 Å². The zero-order valence-electron chi connectivity index (χ0n) is 11.5. The Morgan fingerprint density at radius 1 is 1.16 bits per heavy atom. The smallest absolute Gasteiger partial charge is 0.161 e. The van der Waals surface area contributed by atoms with E-state index in [4.69, 9.17) is 9.47 Å². The number of benzene rings is 1. The Kier molecular flexibility index (Phi) is 4.66. The first-order chi connectivity index (χ1) is 9.11. The molecule has 0 saturated carbocycles. The van der Waals surface area contributed by atoms with E-state index >= 15 is 0 Å². The maximum Gasteiger partial charge on any atom is 0.161 e. The largest absolute Gasteiger partial charge is 0.486 e. The van der Waals surface area contributed by atoms with Gasteiger partial charge in [-0.2, -0.15) is 0 Å². The number of hydrogen-bond acceptors (Lipinski definition) is 4. The molecule has 0 aromatic heterocycles. The van der Waals surface area contributed by atoms with Gasteiger partial charge in [-0.3, -0.25) is 0 Å². The van der Waals surface area contributed by atoms with E-state index in [1.807, 2.05) is 18.2 Å². The number of aliphatic hydroxyl groups is 2. The average Bonchev–Trinajstić information content (AvgIpc) is 2.43. The molecule has 1 aromatic carbocycles. The van der Waals surface area contributed by atoms with Crippen molar-refractivity contribution in [3.8, 4) is 11.5 Å². The predicted octanol–water partition coefficient (Wildman–Crippen LogP) is 2.08. The summed E-state index contributed by atoms with van der Waals surface area (Å²) in [5, 5.41) is 19.2. The Bertz CT molecular complexity index is 417. The van der Waals surface area contributed by atoms with Gasteiger partial charge < -0.3 is 19.7 Å². The third kappa shape index (κ3) is 3.39. The second kappa shape index (κ2) is 6.26. The molecule has 0 bridgehead atoms. The zero-order valence-corrected chi connectivity index (χ0v) is 11.5. The van der Waals surface area contributed by atoms with E-state index in [2.05, 4.69) is 6.92 Å². The van der Waals surface area contributed by atoms with Gasteiger partial charge in [-0.1, -0.05) is 13.0 Å². The summed E-state index contributed by atoms with van der Waals surface area (Å²) in [7, 11) is 0. The summed E-state index contributed by atoms with van der Waals surface area (Å²) >= 11 is 0. The van der Waals surface area contributed by atoms with Crippen molar-refractivity contribution in [1.29, 1.82) is 0 Å². The summed E-state index contributed by atoms with van der Waals surface area (Å²) in [5.41, 5.74) is 1.12. The van der Waals surface area contributed by atoms with Crippen molar-refractivity contribution >= 4 is 0 Å². The Morgan fingerprint density at radius 2 is 1.84 bits per heavy atom. The molecule has 0 amide bonds. The van der Waals surface area contributed by atoms with Gasteiger partial charge >= 0.3 is 0 Å². The zero-order chi connectivity index (χ0) is 13.8. The van der Waals surface area contributed by atoms with Gasteiger partial charge in [0.2, 0.25) is 0 Å². The SMILES string of the molecule is CCC(CC(O)C(C)O)c1ccc2c(c1)OCCO2. The van der Waals surface area contributed by atoms with Crippen LogP contribution in [0.15, 0.2) is 18.2 Å². The molecule has 0 radical (unpaired) electrons. The molecule has 1 aromatic rings. The van der Waals surface area contributed by atoms with Crippen molar-refractivity contribution in [2.45, 2.75) is 44.8 Å². The number of fused-ring (bicyclic) bond motifs is 1. The predicted molar refractivity (Wildman–Crippen MR) is 72.8 cm³/mol. The molecule has 0 saturated heterocycles. The molecule has 1 aliphatic heterocycles. The highest BCUT2D eigenvalue weighted by atomic mass is 16.6. The molecule has 4 heteroatoms. The fraction of sp³-hybridized carbons (Fsp3) is 0.600. The highest BCUT2D eigenvalue weighted by Crippen LogP contribution is 2.35. The Hall–Kier alpha value is -1.26. The van der Waals surface area contributed by atoms with Gasteiger partial charge in [0.05, 0.1) is 12.2 Å². The Labute approximate surface area is 114 Å². The van der Waals surface area contributed by atoms with E-state index in [1.54, 1.807) is 6.92 Å². The number of aliphatic hydroxyl groups excluding tert-OH is 2. The standard InChI is InChI=1S/C15H22O4/c1-3-11(8-13(17)10(2)16)12-4-5-14-15(9-12)19-7-6-18-14/h4-5,9-11,13,16-17H,3,6-8H2,1-2H3. The lowest BCUT2D eigenvalue weighted by atomic mass is 9.89. The molecular weight excluding hydrogens is 244 g/mol. The van der Waals surface area contributed by atoms with Gasteiger partial charge in [0.1, 0.15) is 13.2 Å². The topological polar surface area (TPSA) is 58.9 Å². The summed E-state index contributed by atoms with van der Waals surface area (Å²) in [4.78, 5) is 0. The average molecular weight is 266 g/mol. The highest BCUT2D eigenvalue weighted by molar-refractivity contribution is 5.44. The molecular formula is C15H22O4. The summed E-state index contributed by atoms with van der Waals surface area (Å²) in [6, 6.07) is 5.91. The molecule has 4 nitrogen and oxygen atoms in total. The van der Waals surface area contributed by atoms with Gasteiger partial charge in [0.15, 0.2) is 11.5 Å². The van der Waals surface area contributed by atoms with Crippen molar-refractivity contribution in [2.75, 3.05) is 13.2 Å². The van der Waals surface area contributed by atoms with Crippen LogP contribution in [0.3, 0.4) is 0 Å². The van der Waals surface area contributed by atoms with Crippen LogP contribution >= 0.6 is 0 Å². The lowest BCUT2D eigenvalue weighted by Gasteiger charge is -2.24. The normalized spacial score (nSPS) is 18.7. The van der Waals surface area contributed by atoms with Gasteiger partial charge in [-0.05, 0) is 43.4 Å². The molecule has 2 rings (SSSR count). The first kappa shape index (κ1) is 14.2. The summed E-state index contributed by atoms with van der Waals surface area (Å²) in [5.74, 6) is 1.76. The van der Waals surface area contributed by atoms with Crippen LogP contribution in [-0.2, 0) is 0 Å². The molecule has 0 fully saturated rings. The minimum atomic E-state index is -0.703. The van der Waals surface area contributed by atoms with Gasteiger partial charge in [-0.15, -0.1) is 0 Å². The molecule has 1 aliphatic rings. The second-order valence-electron chi connectivity index (χ2n) is 5.05. The van der Waals surface area contributed by atoms with E-state index in [0.29, 0.717) is 19.6 Å². The maximum atomic E-state index is 9.82. The number of hydrogen-bond donors (Lipinski definition) is 2. The monoisotopic (exact) mass is 266 g/mol. The minimum Gasteiger partial charge on any atom is -0.486 e. The second-order valence-corrected chi connectivity index (χ2v) is 5.05. The quantitative estimate of drug-likeness (QED) is 0.856. The summed E-state index contributed by atoms with van der Waals surface area (Å²) in [6.07, 6.45) is 0.0569. The Balaban J connectivity index is 2.14. The fourth-order valence-corrected chi connectivity index (χ4v) is 2.34. The van der Waals surface area contributed by atoms with Crippen molar-refractivity contribution < 1.29 is 19.7 Å². The third-order valence-electron chi connectivity index (χ3n) is 3.61. The molecule has 0 spiro atoms. The summed E-state index contributed by atoms with van der Waals surface area (Å²) in [6.45, 7) is 4.85. The van der Waals surface area contributed by atoms with Crippen LogP contribution in [0.25, 0.3) is 0 Å². The Morgan fingerprint density at radius 3 is 2.47 bits per heavy atom. The molecule has 3 atom stereocenters. The van der Waals surface area contributed by atoms with E-state index in [9.17, 15) is 10.2 Å². The van der Waals surface area contributed by atoms with Gasteiger partial charge in [0.25, 0.3) is 0 Å². The third-order valence-corrected chi connectivity index (χ3v) is 3.61. The van der Waals surface area contributed by atoms with Crippen LogP contribution in [0.5, 0.6) is 11.5 Å². The van der Waals surface area contributed by atoms with Crippen molar-refractivity contribution in [2.24, 2.45) is 0 Å². The lowest BCUT2D eigenvalue weighted by Crippen LogP contribution is -2.24. The minimum absolute atomic E-state index is 0.209. The van der Waals surface area contributed by atoms with Crippen LogP contribution in [0, 0.1) is 0 Å². The van der Waals surface area contributed by atoms with E-state index in [0.717, 1.165) is 23.5 Å². The maximum absolute atomic E-state index is 9.82. The highest BCUT2D eigenvalue weighted by Gasteiger charge is 2.20. The molecule has 19 heavy (non-hydrogen) atoms. The molecule has 3 unspecified atom stereocenters. The fourth-order valence-electron chi connectivity index (χ4n) is 2.34. The van der Waals surface area contributed by atoms with E-state index in [1.165, 1.54) is 0 Å². The molecule has 0 aliphatic carbocycles. The van der Waals surface area contributed by atoms with Crippen LogP contribution in [0.2, 0.25) is 0 Å². The molecule has 1 heterocycles. The van der Waals surface area contributed by atoms with Crippen molar-refractivity contribution in [1.82, 2.24) is 0 Å². The van der Waals surface area contributed by atoms with Crippen LogP contribution < -0.4 is 9.47 Å². The first-order valence-corrected chi connectivity index (χ1v) is 6.87. The number of ether oxygens (including phenoxy) is 2.